The van der Waals surface area contributed by atoms with E-state index in [0.717, 1.165) is 0 Å². The van der Waals surface area contributed by atoms with Gasteiger partial charge < -0.3 is 15.2 Å². The smallest absolute Gasteiger partial charge is 0.420 e. The first-order valence-corrected chi connectivity index (χ1v) is 13.6. The molecular weight excluding hydrogens is 540 g/mol. The Hall–Kier alpha value is -2.98. The Morgan fingerprint density at radius 1 is 0.875 bits per heavy atom. The predicted molar refractivity (Wildman–Crippen MR) is 133 cm³/mol. The number of rotatable bonds is 6. The van der Waals surface area contributed by atoms with Crippen LogP contribution < -0.4 is 10.1 Å². The van der Waals surface area contributed by atoms with Crippen LogP contribution in [0.2, 0.25) is 0 Å². The average molecular weight is 572 g/mol. The molecule has 0 saturated heterocycles. The normalized spacial score (nSPS) is 28.9. The lowest BCUT2D eigenvalue weighted by molar-refractivity contribution is -0.185. The van der Waals surface area contributed by atoms with Gasteiger partial charge >= 0.3 is 18.3 Å². The first kappa shape index (κ1) is 28.5. The minimum Gasteiger partial charge on any atom is -0.490 e. The van der Waals surface area contributed by atoms with E-state index in [1.165, 1.54) is 24.3 Å². The van der Waals surface area contributed by atoms with Crippen LogP contribution in [0.25, 0.3) is 10.8 Å². The van der Waals surface area contributed by atoms with Crippen molar-refractivity contribution < 1.29 is 45.8 Å². The molecule has 0 aromatic heterocycles. The monoisotopic (exact) mass is 571 g/mol. The van der Waals surface area contributed by atoms with Gasteiger partial charge in [0.05, 0.1) is 17.4 Å². The molecule has 2 bridgehead atoms. The quantitative estimate of drug-likeness (QED) is 0.355. The zero-order valence-electron chi connectivity index (χ0n) is 21.8. The number of alkyl halides is 6. The van der Waals surface area contributed by atoms with E-state index < -0.39 is 52.5 Å². The van der Waals surface area contributed by atoms with Crippen LogP contribution in [0.4, 0.5) is 26.3 Å². The third kappa shape index (κ3) is 5.35. The Morgan fingerprint density at radius 2 is 1.48 bits per heavy atom. The predicted octanol–water partition coefficient (Wildman–Crippen LogP) is 7.40. The minimum atomic E-state index is -4.75. The highest BCUT2D eigenvalue weighted by Gasteiger charge is 2.55. The number of carbonyl (C=O) groups excluding carboxylic acids is 1. The summed E-state index contributed by atoms with van der Waals surface area (Å²) in [7, 11) is 0. The molecule has 2 aromatic rings. The minimum absolute atomic E-state index is 0.0247. The lowest BCUT2D eigenvalue weighted by atomic mass is 9.53. The summed E-state index contributed by atoms with van der Waals surface area (Å²) < 4.78 is 87.0. The number of aliphatic carboxylic acids is 1. The molecule has 2 aromatic carbocycles. The number of carboxylic acid groups (broad SMARTS) is 1. The van der Waals surface area contributed by atoms with E-state index in [9.17, 15) is 41.0 Å². The topological polar surface area (TPSA) is 75.6 Å². The van der Waals surface area contributed by atoms with Crippen molar-refractivity contribution in [2.45, 2.75) is 89.2 Å². The van der Waals surface area contributed by atoms with Crippen LogP contribution in [0.3, 0.4) is 0 Å². The van der Waals surface area contributed by atoms with Crippen molar-refractivity contribution in [1.29, 1.82) is 0 Å². The summed E-state index contributed by atoms with van der Waals surface area (Å²) >= 11 is 0. The van der Waals surface area contributed by atoms with Crippen molar-refractivity contribution >= 4 is 22.6 Å². The number of nitrogens with one attached hydrogen (secondary N) is 1. The fraction of sp³-hybridized carbons (Fsp3) is 0.586. The third-order valence-electron chi connectivity index (χ3n) is 9.39. The van der Waals surface area contributed by atoms with Crippen LogP contribution in [0, 0.1) is 16.7 Å². The number of amides is 1. The summed E-state index contributed by atoms with van der Waals surface area (Å²) in [6.45, 7) is 0.114. The van der Waals surface area contributed by atoms with Gasteiger partial charge in [-0.2, -0.15) is 26.3 Å². The average Bonchev–Trinajstić information content (AvgIpc) is 2.91. The Labute approximate surface area is 227 Å². The lowest BCUT2D eigenvalue weighted by Crippen LogP contribution is -2.52. The molecule has 6 rings (SSSR count). The second kappa shape index (κ2) is 10.1. The number of halogens is 6. The standard InChI is InChI=1S/C29H31F6NO4/c30-28(31,32)19-3-5-20(6-4-19)40-22-8-2-18-15-17(1-7-21(18)23(22)29(33,34)35)16-36-24(37)26-9-12-27(13-10-26,14-11-26)25(38)39/h1-2,7-8,15,19-20H,3-6,9-14,16H2,(H,36,37)(H,38,39)/t19-,20+,26?,27?. The first-order chi connectivity index (χ1) is 18.7. The Kier molecular flexibility index (Phi) is 7.23. The van der Waals surface area contributed by atoms with Crippen molar-refractivity contribution in [2.24, 2.45) is 16.7 Å². The van der Waals surface area contributed by atoms with Crippen molar-refractivity contribution in [3.8, 4) is 5.75 Å². The van der Waals surface area contributed by atoms with E-state index in [2.05, 4.69) is 5.32 Å². The van der Waals surface area contributed by atoms with Crippen molar-refractivity contribution in [3.05, 3.63) is 41.5 Å². The number of carboxylic acids is 1. The lowest BCUT2D eigenvalue weighted by Gasteiger charge is -2.50. The molecule has 4 aliphatic rings. The van der Waals surface area contributed by atoms with Crippen LogP contribution in [0.1, 0.15) is 75.3 Å². The van der Waals surface area contributed by atoms with Crippen molar-refractivity contribution in [1.82, 2.24) is 5.32 Å². The molecule has 218 valence electrons. The molecule has 1 amide bonds. The van der Waals surface area contributed by atoms with Gasteiger partial charge in [-0.15, -0.1) is 0 Å². The highest BCUT2D eigenvalue weighted by molar-refractivity contribution is 5.89. The van der Waals surface area contributed by atoms with Crippen LogP contribution in [0.5, 0.6) is 5.75 Å². The molecule has 0 aliphatic heterocycles. The second-order valence-corrected chi connectivity index (χ2v) is 11.7. The SMILES string of the molecule is O=C(O)C12CCC(C(=O)NCc3ccc4c(C(F)(F)F)c(O[C@H]5CC[C@@H](C(F)(F)F)CC5)ccc4c3)(CC1)CC2. The maximum Gasteiger partial charge on any atom is 0.420 e. The van der Waals surface area contributed by atoms with Gasteiger partial charge in [0.15, 0.2) is 0 Å². The molecular formula is C29H31F6NO4. The van der Waals surface area contributed by atoms with Gasteiger partial charge in [-0.1, -0.05) is 18.2 Å². The molecule has 2 N–H and O–H groups in total. The van der Waals surface area contributed by atoms with Crippen LogP contribution in [-0.2, 0) is 22.3 Å². The van der Waals surface area contributed by atoms with Gasteiger partial charge in [0.1, 0.15) is 11.3 Å². The highest BCUT2D eigenvalue weighted by atomic mass is 19.4. The van der Waals surface area contributed by atoms with E-state index in [-0.39, 0.29) is 43.5 Å². The molecule has 5 nitrogen and oxygen atoms in total. The summed E-state index contributed by atoms with van der Waals surface area (Å²) in [5.74, 6) is -2.83. The van der Waals surface area contributed by atoms with Gasteiger partial charge in [0.25, 0.3) is 0 Å². The first-order valence-electron chi connectivity index (χ1n) is 13.6. The van der Waals surface area contributed by atoms with Crippen LogP contribution in [0.15, 0.2) is 30.3 Å². The van der Waals surface area contributed by atoms with Crippen molar-refractivity contribution in [3.63, 3.8) is 0 Å². The Bertz CT molecular complexity index is 1270. The van der Waals surface area contributed by atoms with Crippen molar-refractivity contribution in [2.75, 3.05) is 0 Å². The van der Waals surface area contributed by atoms with Gasteiger partial charge in [-0.3, -0.25) is 9.59 Å². The van der Waals surface area contributed by atoms with E-state index in [1.54, 1.807) is 6.07 Å². The number of carbonyl (C=O) groups is 2. The fourth-order valence-corrected chi connectivity index (χ4v) is 6.76. The molecule has 0 heterocycles. The summed E-state index contributed by atoms with van der Waals surface area (Å²) in [5, 5.41) is 12.7. The van der Waals surface area contributed by atoms with E-state index in [1.807, 2.05) is 0 Å². The summed E-state index contributed by atoms with van der Waals surface area (Å²) in [4.78, 5) is 24.8. The molecule has 4 saturated carbocycles. The van der Waals surface area contributed by atoms with E-state index in [4.69, 9.17) is 4.74 Å². The van der Waals surface area contributed by atoms with Gasteiger partial charge in [-0.05, 0) is 92.7 Å². The van der Waals surface area contributed by atoms with Gasteiger partial charge in [-0.25, -0.2) is 0 Å². The van der Waals surface area contributed by atoms with Crippen LogP contribution in [-0.4, -0.2) is 29.3 Å². The molecule has 4 aliphatic carbocycles. The van der Waals surface area contributed by atoms with Gasteiger partial charge in [0, 0.05) is 12.0 Å². The second-order valence-electron chi connectivity index (χ2n) is 11.7. The molecule has 40 heavy (non-hydrogen) atoms. The number of ether oxygens (including phenoxy) is 1. The summed E-state index contributed by atoms with van der Waals surface area (Å²) in [6, 6.07) is 7.09. The summed E-state index contributed by atoms with van der Waals surface area (Å²) in [6.07, 6.45) is -7.24. The number of benzene rings is 2. The molecule has 11 heteroatoms. The zero-order chi connectivity index (χ0) is 28.9. The van der Waals surface area contributed by atoms with E-state index in [0.29, 0.717) is 49.5 Å². The van der Waals surface area contributed by atoms with E-state index >= 15 is 0 Å². The zero-order valence-corrected chi connectivity index (χ0v) is 21.8. The largest absolute Gasteiger partial charge is 0.490 e. The Balaban J connectivity index is 1.28. The van der Waals surface area contributed by atoms with Gasteiger partial charge in [0.2, 0.25) is 5.91 Å². The number of hydrogen-bond acceptors (Lipinski definition) is 3. The molecule has 4 fully saturated rings. The maximum atomic E-state index is 14.2. The van der Waals surface area contributed by atoms with Crippen LogP contribution >= 0.6 is 0 Å². The maximum absolute atomic E-state index is 14.2. The molecule has 0 unspecified atom stereocenters. The third-order valence-corrected chi connectivity index (χ3v) is 9.39. The fourth-order valence-electron chi connectivity index (χ4n) is 6.76. The molecule has 0 atom stereocenters. The number of fused-ring (bicyclic) bond motifs is 4. The highest BCUT2D eigenvalue weighted by Crippen LogP contribution is 2.57. The number of hydrogen-bond donors (Lipinski definition) is 2. The summed E-state index contributed by atoms with van der Waals surface area (Å²) in [5.41, 5.74) is -1.70. The Morgan fingerprint density at radius 3 is 2.02 bits per heavy atom. The molecule has 0 spiro atoms. The molecule has 0 radical (unpaired) electrons.